The lowest BCUT2D eigenvalue weighted by Crippen LogP contribution is -2.41. The van der Waals surface area contributed by atoms with Gasteiger partial charge in [-0.25, -0.2) is 0 Å². The largest absolute Gasteiger partial charge is 0.306 e. The highest BCUT2D eigenvalue weighted by atomic mass is 32.2. The molecule has 1 aliphatic heterocycles. The molecule has 0 aromatic carbocycles. The Morgan fingerprint density at radius 3 is 2.94 bits per heavy atom. The van der Waals surface area contributed by atoms with Crippen LogP contribution in [0.4, 0.5) is 0 Å². The summed E-state index contributed by atoms with van der Waals surface area (Å²) in [5.41, 5.74) is 0.496. The van der Waals surface area contributed by atoms with E-state index in [1.807, 2.05) is 11.3 Å². The molecule has 0 spiro atoms. The van der Waals surface area contributed by atoms with Crippen LogP contribution in [0, 0.1) is 5.41 Å². The number of hydrogen-bond donors (Lipinski definition) is 1. The number of thioether (sulfide) groups is 1. The standard InChI is InChI=1S/C13H21NS2/c1-10(12-5-4-6-16-12)14-11-7-13(2,3)9-15-8-11/h4-6,10-11,14H,7-9H2,1-3H3. The molecule has 0 aliphatic carbocycles. The van der Waals surface area contributed by atoms with Crippen molar-refractivity contribution < 1.29 is 0 Å². The minimum Gasteiger partial charge on any atom is -0.306 e. The number of rotatable bonds is 3. The third kappa shape index (κ3) is 3.25. The minimum absolute atomic E-state index is 0.496. The van der Waals surface area contributed by atoms with Crippen molar-refractivity contribution in [2.24, 2.45) is 5.41 Å². The van der Waals surface area contributed by atoms with Gasteiger partial charge in [0, 0.05) is 22.7 Å². The van der Waals surface area contributed by atoms with Crippen LogP contribution in [0.3, 0.4) is 0 Å². The summed E-state index contributed by atoms with van der Waals surface area (Å²) in [7, 11) is 0. The summed E-state index contributed by atoms with van der Waals surface area (Å²) >= 11 is 3.94. The van der Waals surface area contributed by atoms with E-state index in [-0.39, 0.29) is 0 Å². The molecule has 90 valence electrons. The topological polar surface area (TPSA) is 12.0 Å². The third-order valence-electron chi connectivity index (χ3n) is 3.07. The summed E-state index contributed by atoms with van der Waals surface area (Å²) in [6.07, 6.45) is 1.30. The molecular formula is C13H21NS2. The zero-order chi connectivity index (χ0) is 11.6. The predicted molar refractivity (Wildman–Crippen MR) is 75.4 cm³/mol. The van der Waals surface area contributed by atoms with Crippen LogP contribution in [0.15, 0.2) is 17.5 Å². The monoisotopic (exact) mass is 255 g/mol. The van der Waals surface area contributed by atoms with Crippen molar-refractivity contribution in [1.29, 1.82) is 0 Å². The van der Waals surface area contributed by atoms with Gasteiger partial charge in [0.15, 0.2) is 0 Å². The molecule has 3 heteroatoms. The Kier molecular flexibility index (Phi) is 3.98. The molecule has 16 heavy (non-hydrogen) atoms. The molecule has 0 amide bonds. The average molecular weight is 255 g/mol. The van der Waals surface area contributed by atoms with Gasteiger partial charge in [0.25, 0.3) is 0 Å². The number of nitrogens with one attached hydrogen (secondary N) is 1. The summed E-state index contributed by atoms with van der Waals surface area (Å²) in [5, 5.41) is 5.93. The molecule has 2 unspecified atom stereocenters. The predicted octanol–water partition coefficient (Wildman–Crippen LogP) is 3.93. The van der Waals surface area contributed by atoms with E-state index in [0.29, 0.717) is 17.5 Å². The molecule has 1 saturated heterocycles. The number of thiophene rings is 1. The Labute approximate surface area is 107 Å². The van der Waals surface area contributed by atoms with Crippen LogP contribution >= 0.6 is 23.1 Å². The quantitative estimate of drug-likeness (QED) is 0.878. The van der Waals surface area contributed by atoms with Crippen LogP contribution < -0.4 is 5.32 Å². The van der Waals surface area contributed by atoms with E-state index in [2.05, 4.69) is 55.4 Å². The normalized spacial score (nSPS) is 26.6. The maximum Gasteiger partial charge on any atom is 0.0388 e. The molecule has 2 heterocycles. The van der Waals surface area contributed by atoms with Crippen molar-refractivity contribution in [3.63, 3.8) is 0 Å². The average Bonchev–Trinajstić information content (AvgIpc) is 2.68. The highest BCUT2D eigenvalue weighted by Crippen LogP contribution is 2.34. The Morgan fingerprint density at radius 2 is 2.31 bits per heavy atom. The van der Waals surface area contributed by atoms with Crippen LogP contribution in [0.1, 0.15) is 38.1 Å². The van der Waals surface area contributed by atoms with E-state index < -0.39 is 0 Å². The molecule has 1 nitrogen and oxygen atoms in total. The van der Waals surface area contributed by atoms with Gasteiger partial charge in [0.2, 0.25) is 0 Å². The Morgan fingerprint density at radius 1 is 1.50 bits per heavy atom. The van der Waals surface area contributed by atoms with E-state index in [9.17, 15) is 0 Å². The van der Waals surface area contributed by atoms with Gasteiger partial charge in [-0.3, -0.25) is 0 Å². The Balaban J connectivity index is 1.90. The van der Waals surface area contributed by atoms with Gasteiger partial charge in [-0.1, -0.05) is 19.9 Å². The molecule has 1 aliphatic rings. The lowest BCUT2D eigenvalue weighted by atomic mass is 9.87. The minimum atomic E-state index is 0.496. The fourth-order valence-corrected chi connectivity index (χ4v) is 4.37. The highest BCUT2D eigenvalue weighted by molar-refractivity contribution is 7.99. The first-order valence-corrected chi connectivity index (χ1v) is 7.97. The molecular weight excluding hydrogens is 234 g/mol. The maximum absolute atomic E-state index is 3.77. The molecule has 2 atom stereocenters. The second kappa shape index (κ2) is 5.11. The fourth-order valence-electron chi connectivity index (χ4n) is 2.34. The van der Waals surface area contributed by atoms with Crippen molar-refractivity contribution in [3.8, 4) is 0 Å². The summed E-state index contributed by atoms with van der Waals surface area (Å²) in [4.78, 5) is 1.45. The first-order chi connectivity index (χ1) is 7.57. The second-order valence-electron chi connectivity index (χ2n) is 5.48. The zero-order valence-corrected chi connectivity index (χ0v) is 12.0. The van der Waals surface area contributed by atoms with Gasteiger partial charge in [0.1, 0.15) is 0 Å². The van der Waals surface area contributed by atoms with E-state index in [0.717, 1.165) is 0 Å². The summed E-state index contributed by atoms with van der Waals surface area (Å²) < 4.78 is 0. The second-order valence-corrected chi connectivity index (χ2v) is 7.49. The van der Waals surface area contributed by atoms with Gasteiger partial charge in [-0.15, -0.1) is 11.3 Å². The smallest absolute Gasteiger partial charge is 0.0388 e. The first-order valence-electron chi connectivity index (χ1n) is 5.94. The van der Waals surface area contributed by atoms with Crippen LogP contribution in [-0.4, -0.2) is 17.5 Å². The number of hydrogen-bond acceptors (Lipinski definition) is 3. The third-order valence-corrected chi connectivity index (χ3v) is 5.75. The van der Waals surface area contributed by atoms with Crippen LogP contribution in [-0.2, 0) is 0 Å². The molecule has 1 fully saturated rings. The molecule has 1 aromatic heterocycles. The van der Waals surface area contributed by atoms with Gasteiger partial charge in [-0.05, 0) is 36.0 Å². The van der Waals surface area contributed by atoms with Crippen LogP contribution in [0.25, 0.3) is 0 Å². The SMILES string of the molecule is CC(NC1CSCC(C)(C)C1)c1cccs1. The lowest BCUT2D eigenvalue weighted by Gasteiger charge is -2.36. The van der Waals surface area contributed by atoms with Gasteiger partial charge in [0.05, 0.1) is 0 Å². The highest BCUT2D eigenvalue weighted by Gasteiger charge is 2.29. The van der Waals surface area contributed by atoms with Crippen molar-refractivity contribution in [3.05, 3.63) is 22.4 Å². The molecule has 0 bridgehead atoms. The Bertz CT molecular complexity index is 319. The van der Waals surface area contributed by atoms with Crippen molar-refractivity contribution in [2.75, 3.05) is 11.5 Å². The van der Waals surface area contributed by atoms with Crippen molar-refractivity contribution in [1.82, 2.24) is 5.32 Å². The zero-order valence-electron chi connectivity index (χ0n) is 10.3. The molecule has 1 aromatic rings. The van der Waals surface area contributed by atoms with Gasteiger partial charge >= 0.3 is 0 Å². The lowest BCUT2D eigenvalue weighted by molar-refractivity contribution is 0.306. The van der Waals surface area contributed by atoms with Gasteiger partial charge < -0.3 is 5.32 Å². The van der Waals surface area contributed by atoms with Crippen LogP contribution in [0.2, 0.25) is 0 Å². The first kappa shape index (κ1) is 12.5. The summed E-state index contributed by atoms with van der Waals surface area (Å²) in [6, 6.07) is 5.53. The van der Waals surface area contributed by atoms with Crippen molar-refractivity contribution >= 4 is 23.1 Å². The fraction of sp³-hybridized carbons (Fsp3) is 0.692. The van der Waals surface area contributed by atoms with Crippen LogP contribution in [0.5, 0.6) is 0 Å². The molecule has 1 N–H and O–H groups in total. The summed E-state index contributed by atoms with van der Waals surface area (Å²) in [5.74, 6) is 2.57. The Hall–Kier alpha value is 0.01000. The van der Waals surface area contributed by atoms with Crippen molar-refractivity contribution in [2.45, 2.75) is 39.3 Å². The van der Waals surface area contributed by atoms with Gasteiger partial charge in [-0.2, -0.15) is 11.8 Å². The van der Waals surface area contributed by atoms with E-state index >= 15 is 0 Å². The molecule has 0 radical (unpaired) electrons. The summed E-state index contributed by atoms with van der Waals surface area (Å²) in [6.45, 7) is 7.03. The van der Waals surface area contributed by atoms with E-state index in [4.69, 9.17) is 0 Å². The maximum atomic E-state index is 3.77. The molecule has 2 rings (SSSR count). The van der Waals surface area contributed by atoms with E-state index in [1.165, 1.54) is 22.8 Å². The molecule has 0 saturated carbocycles. The van der Waals surface area contributed by atoms with E-state index in [1.54, 1.807) is 0 Å².